The van der Waals surface area contributed by atoms with E-state index in [-0.39, 0.29) is 12.8 Å². The number of hydrogen-bond acceptors (Lipinski definition) is 9. The third kappa shape index (κ3) is 6.30. The number of aliphatic hydroxyl groups is 2. The molecule has 0 spiro atoms. The number of aliphatic hydroxyl groups excluding tert-OH is 2. The van der Waals surface area contributed by atoms with Crippen molar-refractivity contribution in [3.63, 3.8) is 0 Å². The molecule has 1 saturated heterocycles. The number of hydrogen-bond donors (Lipinski definition) is 3. The topological polar surface area (TPSA) is 135 Å². The summed E-state index contributed by atoms with van der Waals surface area (Å²) >= 11 is 0. The lowest BCUT2D eigenvalue weighted by Gasteiger charge is -2.24. The number of carbonyl (C=O) groups excluding carboxylic acids is 3. The molecule has 10 nitrogen and oxygen atoms in total. The second kappa shape index (κ2) is 8.27. The summed E-state index contributed by atoms with van der Waals surface area (Å²) in [5, 5.41) is 22.1. The van der Waals surface area contributed by atoms with Gasteiger partial charge in [-0.15, -0.1) is 0 Å². The largest absolute Gasteiger partial charge is 0.467 e. The van der Waals surface area contributed by atoms with Gasteiger partial charge in [-0.2, -0.15) is 0 Å². The molecule has 1 fully saturated rings. The average Bonchev–Trinajstić information content (AvgIpc) is 2.75. The Labute approximate surface area is 139 Å². The molecule has 0 aliphatic carbocycles. The van der Waals surface area contributed by atoms with Gasteiger partial charge in [0.2, 0.25) is 0 Å². The Bertz CT molecular complexity index is 466. The highest BCUT2D eigenvalue weighted by atomic mass is 16.7. The average molecular weight is 348 g/mol. The van der Waals surface area contributed by atoms with Crippen LogP contribution in [0.5, 0.6) is 0 Å². The third-order valence-electron chi connectivity index (χ3n) is 3.03. The van der Waals surface area contributed by atoms with Crippen LogP contribution in [0.1, 0.15) is 40.0 Å². The van der Waals surface area contributed by atoms with Gasteiger partial charge in [-0.25, -0.2) is 9.59 Å². The van der Waals surface area contributed by atoms with Crippen molar-refractivity contribution >= 4 is 18.0 Å². The Balaban J connectivity index is 2.63. The number of alkyl carbamates (subject to hydrolysis) is 1. The van der Waals surface area contributed by atoms with Gasteiger partial charge in [-0.1, -0.05) is 5.06 Å². The number of rotatable bonds is 5. The molecule has 0 aromatic carbocycles. The van der Waals surface area contributed by atoms with Gasteiger partial charge in [0.25, 0.3) is 0 Å². The van der Waals surface area contributed by atoms with E-state index in [1.54, 1.807) is 20.8 Å². The van der Waals surface area contributed by atoms with Crippen molar-refractivity contribution in [1.82, 2.24) is 10.4 Å². The van der Waals surface area contributed by atoms with Crippen LogP contribution in [0, 0.1) is 0 Å². The molecule has 0 bridgehead atoms. The van der Waals surface area contributed by atoms with Gasteiger partial charge in [-0.3, -0.25) is 4.79 Å². The lowest BCUT2D eigenvalue weighted by Crippen LogP contribution is -2.46. The summed E-state index contributed by atoms with van der Waals surface area (Å²) in [7, 11) is 1.10. The van der Waals surface area contributed by atoms with Gasteiger partial charge in [-0.05, 0) is 33.6 Å². The van der Waals surface area contributed by atoms with Crippen LogP contribution in [-0.2, 0) is 23.9 Å². The molecule has 24 heavy (non-hydrogen) atoms. The molecule has 2 unspecified atom stereocenters. The highest BCUT2D eigenvalue weighted by Crippen LogP contribution is 2.21. The number of methoxy groups -OCH3 is 1. The number of carbonyl (C=O) groups is 3. The van der Waals surface area contributed by atoms with Crippen LogP contribution in [0.2, 0.25) is 0 Å². The number of nitrogens with zero attached hydrogens (tertiary/aromatic N) is 1. The minimum Gasteiger partial charge on any atom is -0.467 e. The zero-order chi connectivity index (χ0) is 18.5. The van der Waals surface area contributed by atoms with Gasteiger partial charge in [0.05, 0.1) is 13.5 Å². The summed E-state index contributed by atoms with van der Waals surface area (Å²) < 4.78 is 9.54. The lowest BCUT2D eigenvalue weighted by molar-refractivity contribution is -0.262. The van der Waals surface area contributed by atoms with E-state index in [4.69, 9.17) is 9.57 Å². The zero-order valence-electron chi connectivity index (χ0n) is 14.1. The lowest BCUT2D eigenvalue weighted by atomic mass is 10.2. The van der Waals surface area contributed by atoms with Crippen LogP contribution in [-0.4, -0.2) is 64.5 Å². The van der Waals surface area contributed by atoms with E-state index in [1.165, 1.54) is 0 Å². The first kappa shape index (κ1) is 20.1. The quantitative estimate of drug-likeness (QED) is 0.569. The normalized spacial score (nSPS) is 22.6. The molecule has 0 aromatic rings. The number of amides is 1. The van der Waals surface area contributed by atoms with Crippen molar-refractivity contribution in [2.75, 3.05) is 7.11 Å². The number of ether oxygens (including phenoxy) is 2. The maximum absolute atomic E-state index is 11.9. The first-order valence-electron chi connectivity index (χ1n) is 7.46. The van der Waals surface area contributed by atoms with Gasteiger partial charge in [0.1, 0.15) is 24.1 Å². The Morgan fingerprint density at radius 3 is 2.21 bits per heavy atom. The number of esters is 1. The Morgan fingerprint density at radius 1 is 1.21 bits per heavy atom. The predicted octanol–water partition coefficient (Wildman–Crippen LogP) is -0.366. The molecule has 3 atom stereocenters. The molecule has 10 heteroatoms. The van der Waals surface area contributed by atoms with Crippen LogP contribution in [0.3, 0.4) is 0 Å². The van der Waals surface area contributed by atoms with Crippen LogP contribution in [0.15, 0.2) is 0 Å². The monoisotopic (exact) mass is 348 g/mol. The minimum atomic E-state index is -1.32. The maximum atomic E-state index is 11.9. The summed E-state index contributed by atoms with van der Waals surface area (Å²) in [4.78, 5) is 40.2. The van der Waals surface area contributed by atoms with Gasteiger partial charge in [0, 0.05) is 0 Å². The SMILES string of the molecule is COC(=O)[C@@H](CC(=O)ON1C(O)CCC1O)NC(=O)OC(C)(C)C. The van der Waals surface area contributed by atoms with Crippen molar-refractivity contribution in [2.24, 2.45) is 0 Å². The van der Waals surface area contributed by atoms with Crippen LogP contribution in [0.25, 0.3) is 0 Å². The fourth-order valence-corrected chi connectivity index (χ4v) is 1.98. The molecular weight excluding hydrogens is 324 g/mol. The molecule has 0 radical (unpaired) electrons. The molecular formula is C14H24N2O8. The second-order valence-corrected chi connectivity index (χ2v) is 6.29. The van der Waals surface area contributed by atoms with Gasteiger partial charge in [0.15, 0.2) is 0 Å². The second-order valence-electron chi connectivity index (χ2n) is 6.29. The first-order valence-corrected chi connectivity index (χ1v) is 7.46. The van der Waals surface area contributed by atoms with Crippen molar-refractivity contribution in [3.05, 3.63) is 0 Å². The smallest absolute Gasteiger partial charge is 0.408 e. The summed E-state index contributed by atoms with van der Waals surface area (Å²) in [5.41, 5.74) is -0.783. The van der Waals surface area contributed by atoms with E-state index in [0.29, 0.717) is 0 Å². The molecule has 0 saturated carbocycles. The molecule has 138 valence electrons. The molecule has 1 rings (SSSR count). The Kier molecular flexibility index (Phi) is 6.93. The Hall–Kier alpha value is -1.91. The molecule has 3 N–H and O–H groups in total. The minimum absolute atomic E-state index is 0.241. The summed E-state index contributed by atoms with van der Waals surface area (Å²) in [5.74, 6) is -1.79. The van der Waals surface area contributed by atoms with Crippen LogP contribution < -0.4 is 5.32 Å². The maximum Gasteiger partial charge on any atom is 0.408 e. The fourth-order valence-electron chi connectivity index (χ4n) is 1.98. The first-order chi connectivity index (χ1) is 11.0. The standard InChI is InChI=1S/C14H24N2O8/c1-14(2,3)23-13(21)15-8(12(20)22-4)7-11(19)24-16-9(17)5-6-10(16)18/h8-10,17-18H,5-7H2,1-4H3,(H,15,21)/t8-,9?,10?/m1/s1. The van der Waals surface area contributed by atoms with Crippen molar-refractivity contribution < 1.29 is 38.9 Å². The van der Waals surface area contributed by atoms with Gasteiger partial charge < -0.3 is 29.8 Å². The number of nitrogens with one attached hydrogen (secondary N) is 1. The molecule has 1 aliphatic rings. The predicted molar refractivity (Wildman–Crippen MR) is 79.0 cm³/mol. The van der Waals surface area contributed by atoms with Crippen LogP contribution >= 0.6 is 0 Å². The molecule has 1 heterocycles. The van der Waals surface area contributed by atoms with Crippen molar-refractivity contribution in [2.45, 2.75) is 64.1 Å². The zero-order valence-corrected chi connectivity index (χ0v) is 14.1. The van der Waals surface area contributed by atoms with E-state index in [9.17, 15) is 24.6 Å². The molecule has 1 amide bonds. The highest BCUT2D eigenvalue weighted by Gasteiger charge is 2.36. The molecule has 1 aliphatic heterocycles. The van der Waals surface area contributed by atoms with E-state index < -0.39 is 48.6 Å². The summed E-state index contributed by atoms with van der Waals surface area (Å²) in [6.45, 7) is 4.93. The highest BCUT2D eigenvalue weighted by molar-refractivity contribution is 5.86. The van der Waals surface area contributed by atoms with E-state index in [0.717, 1.165) is 12.2 Å². The summed E-state index contributed by atoms with van der Waals surface area (Å²) in [6, 6.07) is -1.32. The van der Waals surface area contributed by atoms with Crippen molar-refractivity contribution in [3.8, 4) is 0 Å². The van der Waals surface area contributed by atoms with E-state index >= 15 is 0 Å². The van der Waals surface area contributed by atoms with Gasteiger partial charge >= 0.3 is 18.0 Å². The van der Waals surface area contributed by atoms with Crippen molar-refractivity contribution in [1.29, 1.82) is 0 Å². The molecule has 0 aromatic heterocycles. The fraction of sp³-hybridized carbons (Fsp3) is 0.786. The van der Waals surface area contributed by atoms with E-state index in [1.807, 2.05) is 0 Å². The third-order valence-corrected chi connectivity index (χ3v) is 3.03. The Morgan fingerprint density at radius 2 is 1.75 bits per heavy atom. The number of hydroxylamine groups is 2. The summed E-state index contributed by atoms with van der Waals surface area (Å²) in [6.07, 6.45) is -3.22. The van der Waals surface area contributed by atoms with E-state index in [2.05, 4.69) is 10.1 Å². The van der Waals surface area contributed by atoms with Crippen LogP contribution in [0.4, 0.5) is 4.79 Å².